The van der Waals surface area contributed by atoms with Gasteiger partial charge >= 0.3 is 0 Å². The molecule has 0 aromatic heterocycles. The smallest absolute Gasteiger partial charge is 0.0720 e. The van der Waals surface area contributed by atoms with E-state index in [4.69, 9.17) is 1.37 Å². The minimum atomic E-state index is 0.490. The molecule has 0 atom stereocenters. The molecule has 0 amide bonds. The fourth-order valence-electron chi connectivity index (χ4n) is 1.20. The van der Waals surface area contributed by atoms with Gasteiger partial charge in [-0.2, -0.15) is 0 Å². The molecule has 0 nitrogen and oxygen atoms in total. The molecule has 0 saturated heterocycles. The van der Waals surface area contributed by atoms with E-state index in [0.717, 1.165) is 12.0 Å². The van der Waals surface area contributed by atoms with Crippen LogP contribution in [0, 0.1) is 0 Å². The summed E-state index contributed by atoms with van der Waals surface area (Å²) < 4.78 is 7.86. The van der Waals surface area contributed by atoms with Gasteiger partial charge in [-0.1, -0.05) is 43.7 Å². The summed E-state index contributed by atoms with van der Waals surface area (Å²) >= 11 is 0. The van der Waals surface area contributed by atoms with Crippen molar-refractivity contribution in [2.24, 2.45) is 0 Å². The van der Waals surface area contributed by atoms with Crippen molar-refractivity contribution < 1.29 is 1.37 Å². The van der Waals surface area contributed by atoms with Crippen LogP contribution in [-0.4, -0.2) is 0 Å². The predicted molar refractivity (Wildman–Crippen MR) is 63.1 cm³/mol. The molecule has 0 fully saturated rings. The summed E-state index contributed by atoms with van der Waals surface area (Å²) in [5.41, 5.74) is 5.24. The number of unbranched alkanes of at least 4 members (excludes halogenated alkanes) is 1. The molecule has 0 aliphatic rings. The van der Waals surface area contributed by atoms with Crippen LogP contribution in [0.3, 0.4) is 0 Å². The average molecular weight is 187 g/mol. The fraction of sp³-hybridized carbons (Fsp3) is 0.357. The first-order chi connectivity index (χ1) is 7.24. The van der Waals surface area contributed by atoms with E-state index in [0.29, 0.717) is 6.05 Å². The summed E-state index contributed by atoms with van der Waals surface area (Å²) in [7, 11) is 0. The van der Waals surface area contributed by atoms with E-state index >= 15 is 0 Å². The zero-order chi connectivity index (χ0) is 11.1. The Morgan fingerprint density at radius 1 is 1.43 bits per heavy atom. The molecule has 74 valence electrons. The zero-order valence-corrected chi connectivity index (χ0v) is 9.01. The molecule has 0 heterocycles. The molecule has 0 N–H and O–H groups in total. The lowest BCUT2D eigenvalue weighted by Gasteiger charge is -1.94. The number of allylic oxidation sites excluding steroid dienone is 1. The third-order valence-electron chi connectivity index (χ3n) is 2.10. The van der Waals surface area contributed by atoms with E-state index in [-0.39, 0.29) is 0 Å². The van der Waals surface area contributed by atoms with Crippen LogP contribution < -0.4 is 0 Å². The van der Waals surface area contributed by atoms with Gasteiger partial charge in [0.05, 0.1) is 1.37 Å². The van der Waals surface area contributed by atoms with E-state index in [1.54, 1.807) is 0 Å². The van der Waals surface area contributed by atoms with Crippen LogP contribution in [0.5, 0.6) is 0 Å². The second kappa shape index (κ2) is 6.23. The molecule has 0 spiro atoms. The van der Waals surface area contributed by atoms with E-state index in [1.165, 1.54) is 18.4 Å². The molecule has 1 aromatic rings. The molecule has 1 rings (SSSR count). The molecule has 14 heavy (non-hydrogen) atoms. The summed E-state index contributed by atoms with van der Waals surface area (Å²) in [4.78, 5) is 0. The van der Waals surface area contributed by atoms with E-state index in [1.807, 2.05) is 37.3 Å². The molecule has 0 aliphatic carbocycles. The zero-order valence-electron chi connectivity index (χ0n) is 10.0. The van der Waals surface area contributed by atoms with Crippen LogP contribution in [0.1, 0.15) is 40.0 Å². The Balaban J connectivity index is 2.83. The van der Waals surface area contributed by atoms with Gasteiger partial charge in [0.15, 0.2) is 0 Å². The van der Waals surface area contributed by atoms with Crippen molar-refractivity contribution in [3.8, 4) is 0 Å². The Morgan fingerprint density at radius 2 is 2.14 bits per heavy atom. The molecule has 0 unspecified atom stereocenters. The molecular weight excluding hydrogens is 168 g/mol. The molecular formula is C14H18. The monoisotopic (exact) mass is 187 g/mol. The lowest BCUT2D eigenvalue weighted by atomic mass is 10.1. The highest BCUT2D eigenvalue weighted by molar-refractivity contribution is 5.48. The molecule has 0 radical (unpaired) electrons. The van der Waals surface area contributed by atoms with Gasteiger partial charge < -0.3 is 0 Å². The highest BCUT2D eigenvalue weighted by Crippen LogP contribution is 2.06. The predicted octanol–water partition coefficient (Wildman–Crippen LogP) is 4.44. The summed E-state index contributed by atoms with van der Waals surface area (Å²) in [6, 6.07) is 10.2. The van der Waals surface area contributed by atoms with Crippen molar-refractivity contribution in [1.82, 2.24) is 0 Å². The summed E-state index contributed by atoms with van der Waals surface area (Å²) in [6.07, 6.45) is 3.42. The maximum Gasteiger partial charge on any atom is 0.0720 e. The Bertz CT molecular complexity index is 356. The number of rotatable bonds is 4. The third-order valence-corrected chi connectivity index (χ3v) is 2.10. The van der Waals surface area contributed by atoms with Crippen molar-refractivity contribution in [3.63, 3.8) is 0 Å². The first kappa shape index (κ1) is 9.30. The Hall–Kier alpha value is -1.26. The second-order valence-corrected chi connectivity index (χ2v) is 3.50. The van der Waals surface area contributed by atoms with Gasteiger partial charge in [-0.15, -0.1) is 5.73 Å². The van der Waals surface area contributed by atoms with Crippen LogP contribution in [0.2, 0.25) is 0 Å². The summed E-state index contributed by atoms with van der Waals surface area (Å²) in [5, 5.41) is 0. The van der Waals surface area contributed by atoms with Crippen LogP contribution >= 0.6 is 0 Å². The first-order valence-corrected chi connectivity index (χ1v) is 5.22. The van der Waals surface area contributed by atoms with E-state index < -0.39 is 0 Å². The summed E-state index contributed by atoms with van der Waals surface area (Å²) in [6.45, 7) is 4.23. The van der Waals surface area contributed by atoms with Gasteiger partial charge in [0.2, 0.25) is 0 Å². The maximum absolute atomic E-state index is 7.86. The lowest BCUT2D eigenvalue weighted by Crippen LogP contribution is -1.74. The normalized spacial score (nSPS) is 10.3. The van der Waals surface area contributed by atoms with Gasteiger partial charge in [0, 0.05) is 0 Å². The second-order valence-electron chi connectivity index (χ2n) is 3.50. The molecule has 0 saturated carbocycles. The van der Waals surface area contributed by atoms with Crippen LogP contribution in [0.4, 0.5) is 0 Å². The van der Waals surface area contributed by atoms with Crippen LogP contribution in [0.25, 0.3) is 6.05 Å². The highest BCUT2D eigenvalue weighted by atomic mass is 13.9. The van der Waals surface area contributed by atoms with Crippen molar-refractivity contribution in [3.05, 3.63) is 47.2 Å². The van der Waals surface area contributed by atoms with Gasteiger partial charge in [0.1, 0.15) is 0 Å². The molecule has 0 bridgehead atoms. The van der Waals surface area contributed by atoms with Crippen molar-refractivity contribution >= 4 is 6.05 Å². The summed E-state index contributed by atoms with van der Waals surface area (Å²) in [5.74, 6) is 0. The third kappa shape index (κ3) is 4.11. The Labute approximate surface area is 88.4 Å². The highest BCUT2D eigenvalue weighted by Gasteiger charge is 1.86. The van der Waals surface area contributed by atoms with Crippen LogP contribution in [-0.2, 0) is 0 Å². The Morgan fingerprint density at radius 3 is 2.79 bits per heavy atom. The number of hydrogen-bond donors (Lipinski definition) is 0. The number of benzene rings is 1. The van der Waals surface area contributed by atoms with E-state index in [9.17, 15) is 0 Å². The molecule has 0 heteroatoms. The standard InChI is InChI=1S/C14H18/c1-3-4-8-13(2)11-12-14-9-6-5-7-10-14/h5-7,9-10,12H,3-4,8H2,1-2H3/i12D. The largest absolute Gasteiger partial charge is 0.121 e. The maximum atomic E-state index is 7.86. The van der Waals surface area contributed by atoms with Crippen molar-refractivity contribution in [2.45, 2.75) is 33.1 Å². The molecule has 1 aromatic carbocycles. The van der Waals surface area contributed by atoms with E-state index in [2.05, 4.69) is 12.7 Å². The van der Waals surface area contributed by atoms with Crippen LogP contribution in [0.15, 0.2) is 41.6 Å². The SMILES string of the molecule is [2H]C(=C=C(C)CCCC)c1ccccc1. The topological polar surface area (TPSA) is 0 Å². The fourth-order valence-corrected chi connectivity index (χ4v) is 1.20. The van der Waals surface area contributed by atoms with Gasteiger partial charge in [-0.25, -0.2) is 0 Å². The van der Waals surface area contributed by atoms with Crippen molar-refractivity contribution in [2.75, 3.05) is 0 Å². The van der Waals surface area contributed by atoms with Crippen molar-refractivity contribution in [1.29, 1.82) is 0 Å². The van der Waals surface area contributed by atoms with Gasteiger partial charge in [-0.05, 0) is 37.0 Å². The minimum Gasteiger partial charge on any atom is -0.121 e. The van der Waals surface area contributed by atoms with Gasteiger partial charge in [0.25, 0.3) is 0 Å². The molecule has 0 aliphatic heterocycles. The quantitative estimate of drug-likeness (QED) is 0.611. The minimum absolute atomic E-state index is 0.490. The first-order valence-electron chi connectivity index (χ1n) is 5.72. The Kier molecular flexibility index (Phi) is 4.14. The number of hydrogen-bond acceptors (Lipinski definition) is 0. The lowest BCUT2D eigenvalue weighted by molar-refractivity contribution is 0.788. The average Bonchev–Trinajstić information content (AvgIpc) is 2.27. The van der Waals surface area contributed by atoms with Gasteiger partial charge in [-0.3, -0.25) is 0 Å².